The Morgan fingerprint density at radius 2 is 2.35 bits per heavy atom. The van der Waals surface area contributed by atoms with Gasteiger partial charge in [-0.2, -0.15) is 4.98 Å². The van der Waals surface area contributed by atoms with Crippen molar-refractivity contribution >= 4 is 23.1 Å². The summed E-state index contributed by atoms with van der Waals surface area (Å²) < 4.78 is 5.18. The molecule has 0 radical (unpaired) electrons. The summed E-state index contributed by atoms with van der Waals surface area (Å²) in [6.45, 7) is 2.68. The van der Waals surface area contributed by atoms with Crippen molar-refractivity contribution in [3.05, 3.63) is 21.1 Å². The fraction of sp³-hybridized carbons (Fsp3) is 0.556. The van der Waals surface area contributed by atoms with Crippen molar-refractivity contribution in [2.45, 2.75) is 19.4 Å². The molecule has 1 N–H and O–H groups in total. The van der Waals surface area contributed by atoms with Crippen molar-refractivity contribution in [1.82, 2.24) is 9.97 Å². The largest absolute Gasteiger partial charge is 0.379 e. The van der Waals surface area contributed by atoms with Crippen LogP contribution in [0.4, 0.5) is 11.5 Å². The molecule has 0 amide bonds. The fourth-order valence-corrected chi connectivity index (χ4v) is 1.91. The van der Waals surface area contributed by atoms with Crippen LogP contribution >= 0.6 is 11.6 Å². The van der Waals surface area contributed by atoms with Crippen LogP contribution in [0, 0.1) is 17.0 Å². The van der Waals surface area contributed by atoms with Gasteiger partial charge < -0.3 is 10.1 Å². The summed E-state index contributed by atoms with van der Waals surface area (Å²) >= 11 is 5.70. The van der Waals surface area contributed by atoms with Crippen molar-refractivity contribution in [3.63, 3.8) is 0 Å². The molecule has 2 heterocycles. The number of rotatable bonds is 3. The molecule has 0 aromatic carbocycles. The van der Waals surface area contributed by atoms with Gasteiger partial charge >= 0.3 is 5.69 Å². The van der Waals surface area contributed by atoms with Crippen molar-refractivity contribution in [2.75, 3.05) is 18.5 Å². The van der Waals surface area contributed by atoms with Gasteiger partial charge in [-0.25, -0.2) is 4.98 Å². The lowest BCUT2D eigenvalue weighted by Crippen LogP contribution is -2.21. The molecule has 1 aliphatic heterocycles. The highest BCUT2D eigenvalue weighted by Gasteiger charge is 2.25. The summed E-state index contributed by atoms with van der Waals surface area (Å²) in [6, 6.07) is 0.0269. The van der Waals surface area contributed by atoms with E-state index in [-0.39, 0.29) is 28.5 Å². The van der Waals surface area contributed by atoms with Gasteiger partial charge in [-0.3, -0.25) is 10.1 Å². The molecule has 1 saturated heterocycles. The molecule has 92 valence electrons. The minimum absolute atomic E-state index is 0.00508. The van der Waals surface area contributed by atoms with E-state index in [0.29, 0.717) is 13.2 Å². The monoisotopic (exact) mass is 258 g/mol. The number of nitrogens with one attached hydrogen (secondary N) is 1. The van der Waals surface area contributed by atoms with Crippen molar-refractivity contribution in [2.24, 2.45) is 0 Å². The van der Waals surface area contributed by atoms with Gasteiger partial charge in [0.15, 0.2) is 0 Å². The molecule has 1 fully saturated rings. The van der Waals surface area contributed by atoms with Gasteiger partial charge in [-0.05, 0) is 24.9 Å². The first-order chi connectivity index (χ1) is 8.08. The molecule has 8 heteroatoms. The van der Waals surface area contributed by atoms with Crippen LogP contribution in [0.1, 0.15) is 12.1 Å². The van der Waals surface area contributed by atoms with Gasteiger partial charge in [-0.1, -0.05) is 0 Å². The molecule has 1 atom stereocenters. The second-order valence-electron chi connectivity index (χ2n) is 3.74. The highest BCUT2D eigenvalue weighted by molar-refractivity contribution is 6.28. The molecule has 0 bridgehead atoms. The number of hydrogen-bond acceptors (Lipinski definition) is 6. The first-order valence-corrected chi connectivity index (χ1v) is 5.48. The van der Waals surface area contributed by atoms with Crippen LogP contribution in [0.2, 0.25) is 5.28 Å². The third-order valence-electron chi connectivity index (χ3n) is 2.48. The number of nitro groups is 1. The maximum Gasteiger partial charge on any atom is 0.332 e. The summed E-state index contributed by atoms with van der Waals surface area (Å²) in [7, 11) is 0. The van der Waals surface area contributed by atoms with E-state index in [4.69, 9.17) is 16.3 Å². The molecule has 2 rings (SSSR count). The Kier molecular flexibility index (Phi) is 3.39. The van der Waals surface area contributed by atoms with E-state index in [1.807, 2.05) is 0 Å². The third kappa shape index (κ3) is 2.62. The van der Waals surface area contributed by atoms with E-state index >= 15 is 0 Å². The second kappa shape index (κ2) is 4.80. The van der Waals surface area contributed by atoms with E-state index in [1.54, 1.807) is 0 Å². The molecule has 17 heavy (non-hydrogen) atoms. The molecule has 7 nitrogen and oxygen atoms in total. The van der Waals surface area contributed by atoms with Crippen LogP contribution in [-0.4, -0.2) is 34.1 Å². The Bertz CT molecular complexity index is 448. The van der Waals surface area contributed by atoms with Crippen LogP contribution in [-0.2, 0) is 4.74 Å². The molecule has 1 aromatic rings. The summed E-state index contributed by atoms with van der Waals surface area (Å²) in [5, 5.41) is 13.9. The Morgan fingerprint density at radius 3 is 2.94 bits per heavy atom. The number of anilines is 1. The normalized spacial score (nSPS) is 19.3. The van der Waals surface area contributed by atoms with Gasteiger partial charge in [0.05, 0.1) is 17.6 Å². The second-order valence-corrected chi connectivity index (χ2v) is 4.08. The van der Waals surface area contributed by atoms with E-state index in [0.717, 1.165) is 6.42 Å². The lowest BCUT2D eigenvalue weighted by molar-refractivity contribution is -0.385. The van der Waals surface area contributed by atoms with E-state index < -0.39 is 4.92 Å². The topological polar surface area (TPSA) is 90.2 Å². The van der Waals surface area contributed by atoms with Crippen LogP contribution < -0.4 is 5.32 Å². The minimum Gasteiger partial charge on any atom is -0.379 e. The third-order valence-corrected chi connectivity index (χ3v) is 2.65. The highest BCUT2D eigenvalue weighted by Crippen LogP contribution is 2.27. The maximum absolute atomic E-state index is 10.9. The average Bonchev–Trinajstić information content (AvgIpc) is 2.68. The quantitative estimate of drug-likeness (QED) is 0.502. The van der Waals surface area contributed by atoms with E-state index in [1.165, 1.54) is 6.92 Å². The van der Waals surface area contributed by atoms with Crippen molar-refractivity contribution in [1.29, 1.82) is 0 Å². The van der Waals surface area contributed by atoms with Crippen LogP contribution in [0.3, 0.4) is 0 Å². The number of hydrogen-bond donors (Lipinski definition) is 1. The Morgan fingerprint density at radius 1 is 1.59 bits per heavy atom. The van der Waals surface area contributed by atoms with Crippen LogP contribution in [0.5, 0.6) is 0 Å². The molecule has 1 aliphatic rings. The predicted molar refractivity (Wildman–Crippen MR) is 61.3 cm³/mol. The predicted octanol–water partition coefficient (Wildman–Crippen LogP) is 1.55. The number of ether oxygens (including phenoxy) is 1. The lowest BCUT2D eigenvalue weighted by atomic mass is 10.2. The molecular formula is C9H11ClN4O3. The zero-order valence-corrected chi connectivity index (χ0v) is 9.90. The number of halogens is 1. The summed E-state index contributed by atoms with van der Waals surface area (Å²) in [5.41, 5.74) is 0.109. The van der Waals surface area contributed by atoms with Crippen LogP contribution in [0.15, 0.2) is 0 Å². The maximum atomic E-state index is 10.9. The van der Waals surface area contributed by atoms with Crippen molar-refractivity contribution in [3.8, 4) is 0 Å². The standard InChI is InChI=1S/C9H11ClN4O3/c1-5-7(14(15)16)8(13-9(10)11-5)12-6-2-3-17-4-6/h6H,2-4H2,1H3,(H,11,12,13). The van der Waals surface area contributed by atoms with Gasteiger partial charge in [0.25, 0.3) is 0 Å². The molecular weight excluding hydrogens is 248 g/mol. The molecule has 0 saturated carbocycles. The summed E-state index contributed by atoms with van der Waals surface area (Å²) in [6.07, 6.45) is 0.790. The molecule has 1 unspecified atom stereocenters. The number of aromatic nitrogens is 2. The van der Waals surface area contributed by atoms with Gasteiger partial charge in [0.2, 0.25) is 11.1 Å². The lowest BCUT2D eigenvalue weighted by Gasteiger charge is -2.12. The molecule has 0 spiro atoms. The number of nitrogens with zero attached hydrogens (tertiary/aromatic N) is 3. The van der Waals surface area contributed by atoms with Gasteiger partial charge in [0.1, 0.15) is 5.69 Å². The van der Waals surface area contributed by atoms with Gasteiger partial charge in [0, 0.05) is 6.61 Å². The van der Waals surface area contributed by atoms with E-state index in [2.05, 4.69) is 15.3 Å². The minimum atomic E-state index is -0.510. The Labute approximate surface area is 102 Å². The number of aryl methyl sites for hydroxylation is 1. The Balaban J connectivity index is 2.32. The fourth-order valence-electron chi connectivity index (χ4n) is 1.69. The smallest absolute Gasteiger partial charge is 0.332 e. The zero-order valence-electron chi connectivity index (χ0n) is 9.14. The Hall–Kier alpha value is -1.47. The SMILES string of the molecule is Cc1nc(Cl)nc(NC2CCOC2)c1[N+](=O)[O-]. The molecule has 0 aliphatic carbocycles. The van der Waals surface area contributed by atoms with Crippen LogP contribution in [0.25, 0.3) is 0 Å². The van der Waals surface area contributed by atoms with E-state index in [9.17, 15) is 10.1 Å². The molecule has 1 aromatic heterocycles. The highest BCUT2D eigenvalue weighted by atomic mass is 35.5. The van der Waals surface area contributed by atoms with Crippen molar-refractivity contribution < 1.29 is 9.66 Å². The van der Waals surface area contributed by atoms with Gasteiger partial charge in [-0.15, -0.1) is 0 Å². The zero-order chi connectivity index (χ0) is 12.4. The summed E-state index contributed by atoms with van der Waals surface area (Å²) in [4.78, 5) is 18.1. The first kappa shape index (κ1) is 12.0. The first-order valence-electron chi connectivity index (χ1n) is 5.10. The summed E-state index contributed by atoms with van der Waals surface area (Å²) in [5.74, 6) is 0.156. The average molecular weight is 259 g/mol.